The molecule has 0 fully saturated rings. The molecule has 0 N–H and O–H groups in total. The summed E-state index contributed by atoms with van der Waals surface area (Å²) >= 11 is 0. The third kappa shape index (κ3) is 5.43. The van der Waals surface area contributed by atoms with Crippen LogP contribution in [-0.2, 0) is 5.54 Å². The highest BCUT2D eigenvalue weighted by molar-refractivity contribution is 6.09. The molecule has 10 aromatic rings. The number of fused-ring (bicyclic) bond motifs is 5. The van der Waals surface area contributed by atoms with E-state index in [0.29, 0.717) is 17.5 Å². The average Bonchev–Trinajstić information content (AvgIpc) is 3.66. The van der Waals surface area contributed by atoms with Gasteiger partial charge in [-0.05, 0) is 79.8 Å². The van der Waals surface area contributed by atoms with Gasteiger partial charge in [0.15, 0.2) is 17.5 Å². The fourth-order valence-corrected chi connectivity index (χ4v) is 9.99. The molecule has 0 spiro atoms. The lowest BCUT2D eigenvalue weighted by atomic mass is 9.72. The van der Waals surface area contributed by atoms with Crippen LogP contribution in [0, 0.1) is 27.7 Å². The second-order valence-corrected chi connectivity index (χ2v) is 16.1. The van der Waals surface area contributed by atoms with Gasteiger partial charge in [0.25, 0.3) is 0 Å². The number of nitrogens with zero attached hydrogens (tertiary/aromatic N) is 5. The van der Waals surface area contributed by atoms with E-state index in [0.717, 1.165) is 39.2 Å². The second-order valence-electron chi connectivity index (χ2n) is 16.1. The number of hydrogen-bond donors (Lipinski definition) is 0. The van der Waals surface area contributed by atoms with Crippen LogP contribution < -0.4 is 4.90 Å². The highest BCUT2D eigenvalue weighted by Crippen LogP contribution is 2.58. The molecule has 61 heavy (non-hydrogen) atoms. The van der Waals surface area contributed by atoms with Gasteiger partial charge in [-0.15, -0.1) is 0 Å². The Bertz CT molecular complexity index is 3110. The van der Waals surface area contributed by atoms with Crippen molar-refractivity contribution in [2.24, 2.45) is 0 Å². The van der Waals surface area contributed by atoms with Gasteiger partial charge in [0.05, 0.1) is 28.1 Å². The first-order chi connectivity index (χ1) is 30.0. The third-order valence-electron chi connectivity index (χ3n) is 12.9. The minimum absolute atomic E-state index is 0.656. The maximum atomic E-state index is 5.21. The summed E-state index contributed by atoms with van der Waals surface area (Å²) in [5.41, 5.74) is 16.3. The number of anilines is 3. The molecule has 5 nitrogen and oxygen atoms in total. The van der Waals surface area contributed by atoms with Crippen molar-refractivity contribution in [2.75, 3.05) is 4.90 Å². The van der Waals surface area contributed by atoms with Crippen molar-refractivity contribution in [3.05, 3.63) is 227 Å². The summed E-state index contributed by atoms with van der Waals surface area (Å²) in [5.74, 6) is 1.99. The predicted molar refractivity (Wildman–Crippen MR) is 251 cm³/mol. The molecule has 11 rings (SSSR count). The van der Waals surface area contributed by atoms with Crippen LogP contribution >= 0.6 is 0 Å². The summed E-state index contributed by atoms with van der Waals surface area (Å²) < 4.78 is 2.61. The molecule has 0 unspecified atom stereocenters. The van der Waals surface area contributed by atoms with Gasteiger partial charge in [0.2, 0.25) is 0 Å². The Kier molecular flexibility index (Phi) is 8.53. The summed E-state index contributed by atoms with van der Waals surface area (Å²) in [4.78, 5) is 17.9. The monoisotopic (exact) mass is 785 g/mol. The SMILES string of the molecule is Cc1c(C)c(N2c3ccccc3C(c3ccccc3)(n3c4ccccc4c4ccccc43)c3ccccc32)c(C)c(C)c1-c1nc(-c2ccccc2)nc(-c2ccccc2)n1. The molecule has 0 bridgehead atoms. The first-order valence-corrected chi connectivity index (χ1v) is 21.0. The molecule has 8 aromatic carbocycles. The zero-order valence-corrected chi connectivity index (χ0v) is 34.6. The maximum Gasteiger partial charge on any atom is 0.164 e. The summed E-state index contributed by atoms with van der Waals surface area (Å²) in [7, 11) is 0. The van der Waals surface area contributed by atoms with Crippen LogP contribution in [0.2, 0.25) is 0 Å². The maximum absolute atomic E-state index is 5.21. The van der Waals surface area contributed by atoms with Crippen LogP contribution in [0.25, 0.3) is 56.0 Å². The van der Waals surface area contributed by atoms with Gasteiger partial charge in [-0.3, -0.25) is 0 Å². The van der Waals surface area contributed by atoms with Crippen molar-refractivity contribution in [3.8, 4) is 34.2 Å². The van der Waals surface area contributed by atoms with Gasteiger partial charge >= 0.3 is 0 Å². The summed E-state index contributed by atoms with van der Waals surface area (Å²) in [6, 6.07) is 67.3. The Labute approximate surface area is 356 Å². The number of hydrogen-bond acceptors (Lipinski definition) is 4. The molecule has 3 heterocycles. The molecule has 0 amide bonds. The summed E-state index contributed by atoms with van der Waals surface area (Å²) in [6.45, 7) is 8.97. The smallest absolute Gasteiger partial charge is 0.164 e. The highest BCUT2D eigenvalue weighted by Gasteiger charge is 2.48. The predicted octanol–water partition coefficient (Wildman–Crippen LogP) is 13.8. The molecule has 5 heteroatoms. The fourth-order valence-electron chi connectivity index (χ4n) is 9.99. The largest absolute Gasteiger partial charge is 0.322 e. The zero-order chi connectivity index (χ0) is 41.2. The Hall–Kier alpha value is -7.63. The van der Waals surface area contributed by atoms with E-state index < -0.39 is 5.54 Å². The lowest BCUT2D eigenvalue weighted by molar-refractivity contribution is 0.544. The topological polar surface area (TPSA) is 46.8 Å². The standard InChI is InChI=1S/C56H43N5/c1-36-38(3)52(39(4)37(2)51(36)55-58-53(40-22-8-5-9-23-40)57-54(59-55)41-24-10-6-11-25-41)60-49-34-20-16-30-45(49)56(42-26-12-7-13-27-42,46-31-17-21-35-50(46)60)61-47-32-18-14-28-43(47)44-29-15-19-33-48(44)61/h5-35H,1-4H3. The molecule has 292 valence electrons. The number of rotatable bonds is 6. The summed E-state index contributed by atoms with van der Waals surface area (Å²) in [6.07, 6.45) is 0. The van der Waals surface area contributed by atoms with Crippen LogP contribution in [0.5, 0.6) is 0 Å². The van der Waals surface area contributed by atoms with Gasteiger partial charge in [0.1, 0.15) is 5.54 Å². The van der Waals surface area contributed by atoms with Gasteiger partial charge in [-0.1, -0.05) is 164 Å². The van der Waals surface area contributed by atoms with Crippen LogP contribution in [0.4, 0.5) is 17.1 Å². The molecule has 0 saturated carbocycles. The van der Waals surface area contributed by atoms with E-state index in [-0.39, 0.29) is 0 Å². The first-order valence-electron chi connectivity index (χ1n) is 21.0. The molecule has 0 radical (unpaired) electrons. The molecular weight excluding hydrogens is 743 g/mol. The Morgan fingerprint density at radius 1 is 0.377 bits per heavy atom. The van der Waals surface area contributed by atoms with Crippen molar-refractivity contribution >= 4 is 38.9 Å². The number of benzene rings is 8. The Morgan fingerprint density at radius 3 is 1.26 bits per heavy atom. The van der Waals surface area contributed by atoms with Crippen LogP contribution in [-0.4, -0.2) is 19.5 Å². The fraction of sp³-hybridized carbons (Fsp3) is 0.0893. The van der Waals surface area contributed by atoms with Crippen LogP contribution in [0.1, 0.15) is 38.9 Å². The molecule has 0 saturated heterocycles. The summed E-state index contributed by atoms with van der Waals surface area (Å²) in [5, 5.41) is 2.48. The Morgan fingerprint density at radius 2 is 0.770 bits per heavy atom. The lowest BCUT2D eigenvalue weighted by Gasteiger charge is -2.48. The van der Waals surface area contributed by atoms with E-state index in [9.17, 15) is 0 Å². The second kappa shape index (κ2) is 14.3. The van der Waals surface area contributed by atoms with Crippen molar-refractivity contribution in [1.82, 2.24) is 19.5 Å². The van der Waals surface area contributed by atoms with Gasteiger partial charge in [-0.25, -0.2) is 15.0 Å². The molecule has 1 aliphatic rings. The molecular formula is C56H43N5. The van der Waals surface area contributed by atoms with Crippen LogP contribution in [0.15, 0.2) is 188 Å². The van der Waals surface area contributed by atoms with E-state index in [1.807, 2.05) is 36.4 Å². The minimum Gasteiger partial charge on any atom is -0.322 e. The number of aromatic nitrogens is 4. The van der Waals surface area contributed by atoms with Gasteiger partial charge < -0.3 is 9.47 Å². The lowest BCUT2D eigenvalue weighted by Crippen LogP contribution is -2.42. The minimum atomic E-state index is -0.716. The van der Waals surface area contributed by atoms with Crippen molar-refractivity contribution < 1.29 is 0 Å². The van der Waals surface area contributed by atoms with Crippen molar-refractivity contribution in [3.63, 3.8) is 0 Å². The average molecular weight is 786 g/mol. The zero-order valence-electron chi connectivity index (χ0n) is 34.6. The molecule has 0 atom stereocenters. The van der Waals surface area contributed by atoms with E-state index in [1.54, 1.807) is 0 Å². The van der Waals surface area contributed by atoms with E-state index in [1.165, 1.54) is 55.3 Å². The highest BCUT2D eigenvalue weighted by atomic mass is 15.2. The quantitative estimate of drug-likeness (QED) is 0.168. The normalized spacial score (nSPS) is 13.0. The van der Waals surface area contributed by atoms with Crippen molar-refractivity contribution in [1.29, 1.82) is 0 Å². The number of para-hydroxylation sites is 4. The van der Waals surface area contributed by atoms with Crippen molar-refractivity contribution in [2.45, 2.75) is 33.2 Å². The van der Waals surface area contributed by atoms with Gasteiger partial charge in [0, 0.05) is 38.6 Å². The van der Waals surface area contributed by atoms with E-state index in [4.69, 9.17) is 15.0 Å². The van der Waals surface area contributed by atoms with E-state index in [2.05, 4.69) is 189 Å². The molecule has 0 aliphatic carbocycles. The Balaban J connectivity index is 1.19. The van der Waals surface area contributed by atoms with E-state index >= 15 is 0 Å². The molecule has 2 aromatic heterocycles. The van der Waals surface area contributed by atoms with Crippen LogP contribution in [0.3, 0.4) is 0 Å². The third-order valence-corrected chi connectivity index (χ3v) is 12.9. The van der Waals surface area contributed by atoms with Gasteiger partial charge in [-0.2, -0.15) is 0 Å². The first kappa shape index (κ1) is 36.4. The molecule has 1 aliphatic heterocycles.